The lowest BCUT2D eigenvalue weighted by atomic mass is 9.93. The molecule has 6 heteroatoms. The standard InChI is InChI=1S/C21H28N4O2/c1-2-3-10-18(17-11-7-12-19(13-17)25-20(22)23)14-24-21(26)27-15-16-8-5-4-6-9-16/h4-9,11-13,18H,2-3,10,14-15H2,1H3,(H,24,26)(H4,22,23,25). The summed E-state index contributed by atoms with van der Waals surface area (Å²) < 4.78 is 5.29. The first-order valence-corrected chi connectivity index (χ1v) is 9.22. The number of benzene rings is 2. The van der Waals surface area contributed by atoms with Crippen LogP contribution in [-0.2, 0) is 11.3 Å². The number of guanidine groups is 1. The van der Waals surface area contributed by atoms with Gasteiger partial charge in [0.05, 0.1) is 5.69 Å². The summed E-state index contributed by atoms with van der Waals surface area (Å²) in [6.45, 7) is 2.90. The molecule has 0 bridgehead atoms. The minimum Gasteiger partial charge on any atom is -0.445 e. The van der Waals surface area contributed by atoms with Crippen LogP contribution in [0.3, 0.4) is 0 Å². The van der Waals surface area contributed by atoms with E-state index in [9.17, 15) is 4.79 Å². The van der Waals surface area contributed by atoms with Gasteiger partial charge < -0.3 is 21.5 Å². The van der Waals surface area contributed by atoms with Gasteiger partial charge in [-0.2, -0.15) is 0 Å². The second kappa shape index (κ2) is 10.9. The fourth-order valence-electron chi connectivity index (χ4n) is 2.82. The fraction of sp³-hybridized carbons (Fsp3) is 0.333. The smallest absolute Gasteiger partial charge is 0.407 e. The summed E-state index contributed by atoms with van der Waals surface area (Å²) in [5.74, 6) is 0.197. The molecule has 0 heterocycles. The van der Waals surface area contributed by atoms with Gasteiger partial charge in [0.1, 0.15) is 6.61 Å². The Morgan fingerprint density at radius 3 is 2.63 bits per heavy atom. The van der Waals surface area contributed by atoms with Crippen LogP contribution >= 0.6 is 0 Å². The molecule has 0 saturated carbocycles. The van der Waals surface area contributed by atoms with Crippen molar-refractivity contribution in [2.45, 2.75) is 38.7 Å². The van der Waals surface area contributed by atoms with Crippen molar-refractivity contribution in [1.29, 1.82) is 0 Å². The number of nitrogens with two attached hydrogens (primary N) is 2. The SMILES string of the molecule is CCCCC(CNC(=O)OCc1ccccc1)c1cccc(N=C(N)N)c1. The van der Waals surface area contributed by atoms with E-state index in [-0.39, 0.29) is 18.5 Å². The van der Waals surface area contributed by atoms with Gasteiger partial charge in [0.2, 0.25) is 0 Å². The molecule has 0 spiro atoms. The van der Waals surface area contributed by atoms with Crippen molar-refractivity contribution in [2.24, 2.45) is 16.5 Å². The fourth-order valence-corrected chi connectivity index (χ4v) is 2.82. The van der Waals surface area contributed by atoms with E-state index >= 15 is 0 Å². The van der Waals surface area contributed by atoms with E-state index in [4.69, 9.17) is 16.2 Å². The van der Waals surface area contributed by atoms with Gasteiger partial charge in [-0.15, -0.1) is 0 Å². The van der Waals surface area contributed by atoms with Gasteiger partial charge >= 0.3 is 6.09 Å². The molecule has 5 N–H and O–H groups in total. The zero-order valence-corrected chi connectivity index (χ0v) is 15.7. The number of nitrogens with one attached hydrogen (secondary N) is 1. The predicted molar refractivity (Wildman–Crippen MR) is 109 cm³/mol. The van der Waals surface area contributed by atoms with E-state index in [2.05, 4.69) is 17.2 Å². The van der Waals surface area contributed by atoms with Crippen LogP contribution in [0.25, 0.3) is 0 Å². The zero-order chi connectivity index (χ0) is 19.5. The summed E-state index contributed by atoms with van der Waals surface area (Å²) >= 11 is 0. The molecule has 2 aromatic carbocycles. The first-order chi connectivity index (χ1) is 13.1. The van der Waals surface area contributed by atoms with Crippen LogP contribution in [0, 0.1) is 0 Å². The Kier molecular flexibility index (Phi) is 8.16. The summed E-state index contributed by atoms with van der Waals surface area (Å²) in [5.41, 5.74) is 13.7. The van der Waals surface area contributed by atoms with Gasteiger partial charge in [-0.1, -0.05) is 62.2 Å². The van der Waals surface area contributed by atoms with Crippen LogP contribution in [0.15, 0.2) is 59.6 Å². The molecule has 1 atom stereocenters. The zero-order valence-electron chi connectivity index (χ0n) is 15.7. The molecule has 2 rings (SSSR count). The Bertz CT molecular complexity index is 743. The van der Waals surface area contributed by atoms with Crippen LogP contribution in [0.4, 0.5) is 10.5 Å². The van der Waals surface area contributed by atoms with Crippen LogP contribution in [0.2, 0.25) is 0 Å². The third-order valence-corrected chi connectivity index (χ3v) is 4.21. The number of hydrogen-bond donors (Lipinski definition) is 3. The number of aliphatic imine (C=N–C) groups is 1. The molecule has 0 aliphatic carbocycles. The van der Waals surface area contributed by atoms with Gasteiger partial charge in [-0.3, -0.25) is 0 Å². The molecule has 27 heavy (non-hydrogen) atoms. The predicted octanol–water partition coefficient (Wildman–Crippen LogP) is 3.79. The van der Waals surface area contributed by atoms with E-state index in [1.165, 1.54) is 0 Å². The molecule has 0 radical (unpaired) electrons. The average Bonchev–Trinajstić information content (AvgIpc) is 2.67. The largest absolute Gasteiger partial charge is 0.445 e. The Morgan fingerprint density at radius 2 is 1.93 bits per heavy atom. The maximum absolute atomic E-state index is 12.1. The highest BCUT2D eigenvalue weighted by Gasteiger charge is 2.14. The van der Waals surface area contributed by atoms with E-state index in [1.54, 1.807) is 0 Å². The van der Waals surface area contributed by atoms with E-state index in [0.717, 1.165) is 30.4 Å². The lowest BCUT2D eigenvalue weighted by Crippen LogP contribution is -2.29. The summed E-state index contributed by atoms with van der Waals surface area (Å²) in [5, 5.41) is 2.87. The molecule has 1 amide bonds. The molecule has 6 nitrogen and oxygen atoms in total. The number of nitrogens with zero attached hydrogens (tertiary/aromatic N) is 1. The van der Waals surface area contributed by atoms with Crippen molar-refractivity contribution >= 4 is 17.7 Å². The number of ether oxygens (including phenoxy) is 1. The quantitative estimate of drug-likeness (QED) is 0.463. The highest BCUT2D eigenvalue weighted by atomic mass is 16.5. The van der Waals surface area contributed by atoms with E-state index < -0.39 is 6.09 Å². The summed E-state index contributed by atoms with van der Waals surface area (Å²) in [4.78, 5) is 16.2. The van der Waals surface area contributed by atoms with Crippen LogP contribution in [0.1, 0.15) is 43.2 Å². The van der Waals surface area contributed by atoms with Gasteiger partial charge in [-0.25, -0.2) is 9.79 Å². The Balaban J connectivity index is 1.95. The number of rotatable bonds is 9. The molecule has 0 aliphatic heterocycles. The van der Waals surface area contributed by atoms with Crippen molar-refractivity contribution in [2.75, 3.05) is 6.54 Å². The Morgan fingerprint density at radius 1 is 1.15 bits per heavy atom. The lowest BCUT2D eigenvalue weighted by Gasteiger charge is -2.18. The number of carbonyl (C=O) groups is 1. The number of hydrogen-bond acceptors (Lipinski definition) is 3. The highest BCUT2D eigenvalue weighted by Crippen LogP contribution is 2.25. The van der Waals surface area contributed by atoms with Crippen molar-refractivity contribution in [3.8, 4) is 0 Å². The topological polar surface area (TPSA) is 103 Å². The molecular weight excluding hydrogens is 340 g/mol. The molecule has 0 fully saturated rings. The number of carbonyl (C=O) groups excluding carboxylic acids is 1. The molecule has 144 valence electrons. The summed E-state index contributed by atoms with van der Waals surface area (Å²) in [6.07, 6.45) is 2.70. The first-order valence-electron chi connectivity index (χ1n) is 9.22. The maximum atomic E-state index is 12.1. The maximum Gasteiger partial charge on any atom is 0.407 e. The lowest BCUT2D eigenvalue weighted by molar-refractivity contribution is 0.139. The van der Waals surface area contributed by atoms with E-state index in [0.29, 0.717) is 12.2 Å². The van der Waals surface area contributed by atoms with Crippen molar-refractivity contribution < 1.29 is 9.53 Å². The molecule has 0 saturated heterocycles. The Labute approximate surface area is 160 Å². The van der Waals surface area contributed by atoms with Crippen LogP contribution < -0.4 is 16.8 Å². The molecule has 2 aromatic rings. The molecule has 0 aliphatic rings. The van der Waals surface area contributed by atoms with Crippen molar-refractivity contribution in [3.05, 3.63) is 65.7 Å². The van der Waals surface area contributed by atoms with Crippen LogP contribution in [0.5, 0.6) is 0 Å². The summed E-state index contributed by atoms with van der Waals surface area (Å²) in [6, 6.07) is 17.4. The Hall–Kier alpha value is -3.02. The van der Waals surface area contributed by atoms with Gasteiger partial charge in [0, 0.05) is 12.5 Å². The van der Waals surface area contributed by atoms with Gasteiger partial charge in [-0.05, 0) is 29.7 Å². The third kappa shape index (κ3) is 7.40. The number of amides is 1. The van der Waals surface area contributed by atoms with Crippen molar-refractivity contribution in [1.82, 2.24) is 5.32 Å². The normalized spacial score (nSPS) is 11.4. The van der Waals surface area contributed by atoms with E-state index in [1.807, 2.05) is 54.6 Å². The first kappa shape index (κ1) is 20.3. The highest BCUT2D eigenvalue weighted by molar-refractivity contribution is 5.79. The molecule has 0 aromatic heterocycles. The average molecular weight is 368 g/mol. The van der Waals surface area contributed by atoms with Crippen LogP contribution in [-0.4, -0.2) is 18.6 Å². The minimum atomic E-state index is -0.416. The second-order valence-electron chi connectivity index (χ2n) is 6.41. The monoisotopic (exact) mass is 368 g/mol. The molecule has 1 unspecified atom stereocenters. The number of alkyl carbamates (subject to hydrolysis) is 1. The minimum absolute atomic E-state index is 0.0277. The van der Waals surface area contributed by atoms with Crippen molar-refractivity contribution in [3.63, 3.8) is 0 Å². The summed E-state index contributed by atoms with van der Waals surface area (Å²) in [7, 11) is 0. The van der Waals surface area contributed by atoms with Gasteiger partial charge in [0.25, 0.3) is 0 Å². The number of unbranched alkanes of at least 4 members (excludes halogenated alkanes) is 1. The second-order valence-corrected chi connectivity index (χ2v) is 6.41. The van der Waals surface area contributed by atoms with Gasteiger partial charge in [0.15, 0.2) is 5.96 Å². The third-order valence-electron chi connectivity index (χ3n) is 4.21. The molecular formula is C21H28N4O2.